The zero-order valence-electron chi connectivity index (χ0n) is 15.2. The van der Waals surface area contributed by atoms with Crippen LogP contribution in [0.4, 0.5) is 0 Å². The number of carbonyl (C=O) groups excluding carboxylic acids is 2. The van der Waals surface area contributed by atoms with Gasteiger partial charge in [0.1, 0.15) is 0 Å². The monoisotopic (exact) mass is 370 g/mol. The summed E-state index contributed by atoms with van der Waals surface area (Å²) in [6.45, 7) is 1.62. The maximum Gasteiger partial charge on any atom is 0.261 e. The Bertz CT molecular complexity index is 1160. The Morgan fingerprint density at radius 2 is 1.57 bits per heavy atom. The van der Waals surface area contributed by atoms with Crippen LogP contribution >= 0.6 is 0 Å². The number of imide groups is 1. The van der Waals surface area contributed by atoms with Crippen molar-refractivity contribution >= 4 is 22.7 Å². The molecular weight excluding hydrogens is 352 g/mol. The number of imidazole rings is 1. The number of amides is 2. The Kier molecular flexibility index (Phi) is 3.83. The van der Waals surface area contributed by atoms with E-state index in [2.05, 4.69) is 27.9 Å². The molecule has 0 fully saturated rings. The lowest BCUT2D eigenvalue weighted by atomic mass is 10.1. The van der Waals surface area contributed by atoms with Crippen LogP contribution in [0.1, 0.15) is 26.3 Å². The van der Waals surface area contributed by atoms with Crippen molar-refractivity contribution in [3.05, 3.63) is 90.1 Å². The molecule has 6 nitrogen and oxygen atoms in total. The van der Waals surface area contributed by atoms with Gasteiger partial charge < -0.3 is 9.13 Å². The molecule has 0 radical (unpaired) electrons. The van der Waals surface area contributed by atoms with Gasteiger partial charge in [-0.05, 0) is 23.8 Å². The second-order valence-electron chi connectivity index (χ2n) is 6.91. The SMILES string of the molecule is O=C1c2ccccc2C(=O)N1CCn1cc(Cn2ccnc2)c2ccccc21. The average molecular weight is 370 g/mol. The first-order valence-electron chi connectivity index (χ1n) is 9.20. The van der Waals surface area contributed by atoms with Crippen molar-refractivity contribution < 1.29 is 9.59 Å². The van der Waals surface area contributed by atoms with E-state index in [0.29, 0.717) is 24.2 Å². The van der Waals surface area contributed by atoms with Crippen molar-refractivity contribution in [3.8, 4) is 0 Å². The molecule has 0 saturated carbocycles. The zero-order chi connectivity index (χ0) is 19.1. The number of hydrogen-bond acceptors (Lipinski definition) is 3. The van der Waals surface area contributed by atoms with Crippen LogP contribution in [-0.2, 0) is 13.1 Å². The summed E-state index contributed by atoms with van der Waals surface area (Å²) in [7, 11) is 0. The average Bonchev–Trinajstić information content (AvgIpc) is 3.41. The highest BCUT2D eigenvalue weighted by molar-refractivity contribution is 6.21. The maximum absolute atomic E-state index is 12.6. The van der Waals surface area contributed by atoms with Crippen molar-refractivity contribution in [2.75, 3.05) is 6.54 Å². The van der Waals surface area contributed by atoms with Crippen LogP contribution in [0, 0.1) is 0 Å². The normalized spacial score (nSPS) is 13.5. The number of para-hydroxylation sites is 1. The first-order valence-corrected chi connectivity index (χ1v) is 9.20. The number of fused-ring (bicyclic) bond motifs is 2. The smallest absolute Gasteiger partial charge is 0.261 e. The fourth-order valence-corrected chi connectivity index (χ4v) is 3.86. The molecule has 0 aliphatic carbocycles. The molecule has 2 amide bonds. The summed E-state index contributed by atoms with van der Waals surface area (Å²) in [6.07, 6.45) is 7.60. The van der Waals surface area contributed by atoms with E-state index in [1.54, 1.807) is 36.8 Å². The zero-order valence-corrected chi connectivity index (χ0v) is 15.2. The molecule has 138 valence electrons. The third kappa shape index (κ3) is 2.62. The van der Waals surface area contributed by atoms with Gasteiger partial charge in [0.05, 0.1) is 24.0 Å². The molecule has 2 aromatic carbocycles. The number of hydrogen-bond donors (Lipinski definition) is 0. The van der Waals surface area contributed by atoms with Crippen LogP contribution in [0.5, 0.6) is 0 Å². The van der Waals surface area contributed by atoms with Crippen molar-refractivity contribution in [1.29, 1.82) is 0 Å². The van der Waals surface area contributed by atoms with Crippen molar-refractivity contribution in [1.82, 2.24) is 19.0 Å². The quantitative estimate of drug-likeness (QED) is 0.507. The molecule has 2 aromatic heterocycles. The van der Waals surface area contributed by atoms with E-state index < -0.39 is 0 Å². The maximum atomic E-state index is 12.6. The van der Waals surface area contributed by atoms with Crippen LogP contribution < -0.4 is 0 Å². The molecular formula is C22H18N4O2. The van der Waals surface area contributed by atoms with E-state index in [4.69, 9.17) is 0 Å². The fourth-order valence-electron chi connectivity index (χ4n) is 3.86. The summed E-state index contributed by atoms with van der Waals surface area (Å²) in [5.41, 5.74) is 3.25. The lowest BCUT2D eigenvalue weighted by Gasteiger charge is -2.14. The van der Waals surface area contributed by atoms with E-state index >= 15 is 0 Å². The summed E-state index contributed by atoms with van der Waals surface area (Å²) in [5, 5.41) is 1.17. The third-order valence-electron chi connectivity index (χ3n) is 5.23. The Morgan fingerprint density at radius 3 is 2.29 bits per heavy atom. The molecule has 0 atom stereocenters. The highest BCUT2D eigenvalue weighted by Crippen LogP contribution is 2.25. The molecule has 0 spiro atoms. The second kappa shape index (κ2) is 6.49. The Labute approximate surface area is 161 Å². The van der Waals surface area contributed by atoms with Gasteiger partial charge in [0.2, 0.25) is 0 Å². The van der Waals surface area contributed by atoms with E-state index in [1.807, 2.05) is 22.9 Å². The van der Waals surface area contributed by atoms with Gasteiger partial charge in [-0.2, -0.15) is 0 Å². The van der Waals surface area contributed by atoms with Crippen LogP contribution in [0.2, 0.25) is 0 Å². The number of aromatic nitrogens is 3. The van der Waals surface area contributed by atoms with Gasteiger partial charge in [-0.25, -0.2) is 4.98 Å². The molecule has 0 unspecified atom stereocenters. The molecule has 5 rings (SSSR count). The molecule has 0 N–H and O–H groups in total. The van der Waals surface area contributed by atoms with Crippen LogP contribution in [0.3, 0.4) is 0 Å². The lowest BCUT2D eigenvalue weighted by Crippen LogP contribution is -2.32. The van der Waals surface area contributed by atoms with Gasteiger partial charge in [-0.15, -0.1) is 0 Å². The molecule has 4 aromatic rings. The summed E-state index contributed by atoms with van der Waals surface area (Å²) >= 11 is 0. The summed E-state index contributed by atoms with van der Waals surface area (Å²) < 4.78 is 4.14. The summed E-state index contributed by atoms with van der Waals surface area (Å²) in [4.78, 5) is 30.6. The Morgan fingerprint density at radius 1 is 0.857 bits per heavy atom. The van der Waals surface area contributed by atoms with Gasteiger partial charge >= 0.3 is 0 Å². The number of benzene rings is 2. The molecule has 1 aliphatic rings. The summed E-state index contributed by atoms with van der Waals surface area (Å²) in [5.74, 6) is -0.425. The van der Waals surface area contributed by atoms with Gasteiger partial charge in [0, 0.05) is 42.6 Å². The molecule has 1 aliphatic heterocycles. The predicted molar refractivity (Wildman–Crippen MR) is 105 cm³/mol. The first-order chi connectivity index (χ1) is 13.7. The molecule has 6 heteroatoms. The van der Waals surface area contributed by atoms with E-state index in [0.717, 1.165) is 12.1 Å². The number of carbonyl (C=O) groups is 2. The van der Waals surface area contributed by atoms with Gasteiger partial charge in [0.15, 0.2) is 0 Å². The van der Waals surface area contributed by atoms with Crippen molar-refractivity contribution in [3.63, 3.8) is 0 Å². The van der Waals surface area contributed by atoms with Crippen LogP contribution in [0.15, 0.2) is 73.4 Å². The third-order valence-corrected chi connectivity index (χ3v) is 5.23. The number of nitrogens with zero attached hydrogens (tertiary/aromatic N) is 4. The fraction of sp³-hybridized carbons (Fsp3) is 0.136. The van der Waals surface area contributed by atoms with Crippen molar-refractivity contribution in [2.24, 2.45) is 0 Å². The van der Waals surface area contributed by atoms with E-state index in [-0.39, 0.29) is 11.8 Å². The minimum atomic E-state index is -0.212. The largest absolute Gasteiger partial charge is 0.345 e. The Hall–Kier alpha value is -3.67. The standard InChI is InChI=1S/C22H18N4O2/c27-21-18-6-1-2-7-19(18)22(28)26(21)12-11-25-14-16(13-24-10-9-23-15-24)17-5-3-4-8-20(17)25/h1-10,14-15H,11-13H2. The van der Waals surface area contributed by atoms with E-state index in [9.17, 15) is 9.59 Å². The highest BCUT2D eigenvalue weighted by atomic mass is 16.2. The van der Waals surface area contributed by atoms with Gasteiger partial charge in [-0.3, -0.25) is 14.5 Å². The second-order valence-corrected chi connectivity index (χ2v) is 6.91. The van der Waals surface area contributed by atoms with Gasteiger partial charge in [0.25, 0.3) is 11.8 Å². The predicted octanol–water partition coefficient (Wildman–Crippen LogP) is 3.18. The van der Waals surface area contributed by atoms with Crippen LogP contribution in [0.25, 0.3) is 10.9 Å². The topological polar surface area (TPSA) is 60.1 Å². The highest BCUT2D eigenvalue weighted by Gasteiger charge is 2.34. The molecule has 0 saturated heterocycles. The minimum Gasteiger partial charge on any atom is -0.345 e. The first kappa shape index (κ1) is 16.5. The van der Waals surface area contributed by atoms with Crippen molar-refractivity contribution in [2.45, 2.75) is 13.1 Å². The molecule has 28 heavy (non-hydrogen) atoms. The van der Waals surface area contributed by atoms with Gasteiger partial charge in [-0.1, -0.05) is 30.3 Å². The Balaban J connectivity index is 1.42. The number of rotatable bonds is 5. The summed E-state index contributed by atoms with van der Waals surface area (Å²) in [6, 6.07) is 15.2. The van der Waals surface area contributed by atoms with Crippen LogP contribution in [-0.4, -0.2) is 37.4 Å². The molecule has 3 heterocycles. The van der Waals surface area contributed by atoms with E-state index in [1.165, 1.54) is 15.8 Å². The minimum absolute atomic E-state index is 0.212. The molecule has 0 bridgehead atoms. The lowest BCUT2D eigenvalue weighted by molar-refractivity contribution is 0.0649.